The number of thioether (sulfide) groups is 1. The van der Waals surface area contributed by atoms with Crippen molar-refractivity contribution in [3.63, 3.8) is 0 Å². The van der Waals surface area contributed by atoms with Gasteiger partial charge >= 0.3 is 5.63 Å². The normalized spacial score (nSPS) is 10.9. The number of amides is 1. The van der Waals surface area contributed by atoms with Crippen LogP contribution in [0, 0.1) is 6.92 Å². The Morgan fingerprint density at radius 3 is 2.79 bits per heavy atom. The fourth-order valence-corrected chi connectivity index (χ4v) is 4.44. The molecule has 4 rings (SSSR count). The number of rotatable bonds is 5. The van der Waals surface area contributed by atoms with Gasteiger partial charge in [-0.2, -0.15) is 0 Å². The molecule has 0 saturated heterocycles. The molecular formula is C20H15N3O3S2. The van der Waals surface area contributed by atoms with Gasteiger partial charge in [-0.05, 0) is 30.2 Å². The summed E-state index contributed by atoms with van der Waals surface area (Å²) in [6, 6.07) is 16.7. The van der Waals surface area contributed by atoms with Crippen LogP contribution >= 0.6 is 23.1 Å². The molecule has 1 N–H and O–H groups in total. The minimum Gasteiger partial charge on any atom is -0.422 e. The molecule has 0 atom stereocenters. The molecule has 0 radical (unpaired) electrons. The first-order valence-electron chi connectivity index (χ1n) is 8.45. The van der Waals surface area contributed by atoms with Crippen molar-refractivity contribution in [3.8, 4) is 0 Å². The molecule has 4 aromatic rings. The van der Waals surface area contributed by atoms with Crippen LogP contribution in [0.4, 0.5) is 5.13 Å². The molecule has 0 aliphatic rings. The maximum Gasteiger partial charge on any atom is 0.349 e. The first-order chi connectivity index (χ1) is 13.6. The largest absolute Gasteiger partial charge is 0.422 e. The minimum absolute atomic E-state index is 0.0667. The van der Waals surface area contributed by atoms with Crippen molar-refractivity contribution in [1.82, 2.24) is 10.2 Å². The second-order valence-electron chi connectivity index (χ2n) is 6.03. The molecule has 2 aromatic heterocycles. The number of aromatic nitrogens is 2. The number of benzene rings is 2. The molecule has 28 heavy (non-hydrogen) atoms. The molecular weight excluding hydrogens is 394 g/mol. The molecule has 1 amide bonds. The van der Waals surface area contributed by atoms with E-state index in [9.17, 15) is 9.59 Å². The average Bonchev–Trinajstić information content (AvgIpc) is 3.14. The predicted molar refractivity (Wildman–Crippen MR) is 111 cm³/mol. The van der Waals surface area contributed by atoms with E-state index in [2.05, 4.69) is 34.6 Å². The lowest BCUT2D eigenvalue weighted by Crippen LogP contribution is -2.20. The zero-order chi connectivity index (χ0) is 19.5. The summed E-state index contributed by atoms with van der Waals surface area (Å²) in [5.41, 5.74) is 2.13. The first kappa shape index (κ1) is 18.4. The van der Waals surface area contributed by atoms with Crippen LogP contribution in [0.5, 0.6) is 0 Å². The summed E-state index contributed by atoms with van der Waals surface area (Å²) in [4.78, 5) is 24.6. The molecule has 0 aliphatic heterocycles. The molecule has 0 unspecified atom stereocenters. The lowest BCUT2D eigenvalue weighted by molar-refractivity contribution is 0.102. The van der Waals surface area contributed by atoms with Gasteiger partial charge in [0.1, 0.15) is 11.1 Å². The molecule has 0 bridgehead atoms. The van der Waals surface area contributed by atoms with Gasteiger partial charge < -0.3 is 4.42 Å². The highest BCUT2D eigenvalue weighted by atomic mass is 32.2. The molecule has 140 valence electrons. The maximum atomic E-state index is 12.5. The minimum atomic E-state index is -0.685. The molecule has 8 heteroatoms. The molecule has 0 saturated carbocycles. The SMILES string of the molecule is Cc1ccccc1CSc1nnc(NC(=O)c2cc3ccccc3oc2=O)s1. The third-order valence-corrected chi connectivity index (χ3v) is 6.15. The van der Waals surface area contributed by atoms with Gasteiger partial charge in [-0.3, -0.25) is 10.1 Å². The number of hydrogen-bond acceptors (Lipinski definition) is 7. The fourth-order valence-electron chi connectivity index (χ4n) is 2.61. The summed E-state index contributed by atoms with van der Waals surface area (Å²) in [6.07, 6.45) is 0. The van der Waals surface area contributed by atoms with Crippen LogP contribution in [0.15, 0.2) is 68.1 Å². The van der Waals surface area contributed by atoms with Crippen LogP contribution in [-0.2, 0) is 5.75 Å². The smallest absolute Gasteiger partial charge is 0.349 e. The number of hydrogen-bond donors (Lipinski definition) is 1. The van der Waals surface area contributed by atoms with E-state index >= 15 is 0 Å². The van der Waals surface area contributed by atoms with Gasteiger partial charge in [0, 0.05) is 11.1 Å². The van der Waals surface area contributed by atoms with Crippen molar-refractivity contribution in [1.29, 1.82) is 0 Å². The molecule has 0 spiro atoms. The van der Waals surface area contributed by atoms with Crippen LogP contribution < -0.4 is 10.9 Å². The number of anilines is 1. The summed E-state index contributed by atoms with van der Waals surface area (Å²) in [7, 11) is 0. The molecule has 0 fully saturated rings. The van der Waals surface area contributed by atoms with Crippen LogP contribution in [0.2, 0.25) is 0 Å². The number of nitrogens with one attached hydrogen (secondary N) is 1. The van der Waals surface area contributed by atoms with Gasteiger partial charge in [0.25, 0.3) is 5.91 Å². The van der Waals surface area contributed by atoms with Gasteiger partial charge in [-0.25, -0.2) is 4.79 Å². The number of para-hydroxylation sites is 1. The molecule has 0 aliphatic carbocycles. The zero-order valence-electron chi connectivity index (χ0n) is 14.8. The monoisotopic (exact) mass is 409 g/mol. The Morgan fingerprint density at radius 2 is 1.93 bits per heavy atom. The summed E-state index contributed by atoms with van der Waals surface area (Å²) in [6.45, 7) is 2.07. The van der Waals surface area contributed by atoms with E-state index in [0.29, 0.717) is 16.1 Å². The third kappa shape index (κ3) is 3.97. The second-order valence-corrected chi connectivity index (χ2v) is 8.23. The van der Waals surface area contributed by atoms with Crippen molar-refractivity contribution >= 4 is 45.1 Å². The van der Waals surface area contributed by atoms with Crippen molar-refractivity contribution in [2.45, 2.75) is 17.0 Å². The van der Waals surface area contributed by atoms with Crippen molar-refractivity contribution in [3.05, 3.63) is 81.7 Å². The van der Waals surface area contributed by atoms with E-state index in [1.807, 2.05) is 18.2 Å². The van der Waals surface area contributed by atoms with Crippen LogP contribution in [0.1, 0.15) is 21.5 Å². The highest BCUT2D eigenvalue weighted by Gasteiger charge is 2.16. The van der Waals surface area contributed by atoms with Crippen LogP contribution in [0.25, 0.3) is 11.0 Å². The molecule has 2 aromatic carbocycles. The van der Waals surface area contributed by atoms with Gasteiger partial charge in [0.15, 0.2) is 4.34 Å². The van der Waals surface area contributed by atoms with E-state index < -0.39 is 11.5 Å². The van der Waals surface area contributed by atoms with E-state index in [1.165, 1.54) is 28.5 Å². The van der Waals surface area contributed by atoms with Crippen LogP contribution in [-0.4, -0.2) is 16.1 Å². The molecule has 2 heterocycles. The Balaban J connectivity index is 1.46. The van der Waals surface area contributed by atoms with E-state index in [4.69, 9.17) is 4.42 Å². The lowest BCUT2D eigenvalue weighted by Gasteiger charge is -2.02. The highest BCUT2D eigenvalue weighted by Crippen LogP contribution is 2.29. The summed E-state index contributed by atoms with van der Waals surface area (Å²) in [5, 5.41) is 11.7. The maximum absolute atomic E-state index is 12.5. The number of fused-ring (bicyclic) bond motifs is 1. The Labute approximate surface area is 168 Å². The summed E-state index contributed by atoms with van der Waals surface area (Å²) in [5.74, 6) is 0.204. The van der Waals surface area contributed by atoms with Gasteiger partial charge in [-0.1, -0.05) is 65.6 Å². The Morgan fingerprint density at radius 1 is 1.14 bits per heavy atom. The Kier molecular flexibility index (Phi) is 5.23. The topological polar surface area (TPSA) is 85.1 Å². The first-order valence-corrected chi connectivity index (χ1v) is 10.3. The summed E-state index contributed by atoms with van der Waals surface area (Å²) >= 11 is 2.82. The average molecular weight is 409 g/mol. The number of carbonyl (C=O) groups excluding carboxylic acids is 1. The second kappa shape index (κ2) is 7.95. The van der Waals surface area contributed by atoms with Gasteiger partial charge in [0.2, 0.25) is 5.13 Å². The number of nitrogens with zero attached hydrogens (tertiary/aromatic N) is 2. The van der Waals surface area contributed by atoms with E-state index in [0.717, 1.165) is 10.1 Å². The van der Waals surface area contributed by atoms with E-state index in [-0.39, 0.29) is 5.56 Å². The van der Waals surface area contributed by atoms with E-state index in [1.54, 1.807) is 30.0 Å². The van der Waals surface area contributed by atoms with Crippen molar-refractivity contribution in [2.75, 3.05) is 5.32 Å². The van der Waals surface area contributed by atoms with Gasteiger partial charge in [-0.15, -0.1) is 10.2 Å². The Bertz CT molecular complexity index is 1220. The third-order valence-electron chi connectivity index (χ3n) is 4.13. The van der Waals surface area contributed by atoms with Crippen LogP contribution in [0.3, 0.4) is 0 Å². The number of carbonyl (C=O) groups is 1. The Hall–Kier alpha value is -2.97. The fraction of sp³-hybridized carbons (Fsp3) is 0.100. The number of aryl methyl sites for hydroxylation is 1. The molecule has 6 nitrogen and oxygen atoms in total. The van der Waals surface area contributed by atoms with Crippen molar-refractivity contribution in [2.24, 2.45) is 0 Å². The predicted octanol–water partition coefficient (Wildman–Crippen LogP) is 4.50. The zero-order valence-corrected chi connectivity index (χ0v) is 16.5. The van der Waals surface area contributed by atoms with Crippen molar-refractivity contribution < 1.29 is 9.21 Å². The standard InChI is InChI=1S/C20H15N3O3S2/c1-12-6-2-3-8-14(12)11-27-20-23-22-19(28-20)21-17(24)15-10-13-7-4-5-9-16(13)26-18(15)25/h2-10H,11H2,1H3,(H,21,22,24). The van der Waals surface area contributed by atoms with Gasteiger partial charge in [0.05, 0.1) is 0 Å². The lowest BCUT2D eigenvalue weighted by atomic mass is 10.1. The summed E-state index contributed by atoms with van der Waals surface area (Å²) < 4.78 is 5.94. The highest BCUT2D eigenvalue weighted by molar-refractivity contribution is 8.00. The quantitative estimate of drug-likeness (QED) is 0.297.